The average Bonchev–Trinajstić information content (AvgIpc) is 2.17. The van der Waals surface area contributed by atoms with Gasteiger partial charge >= 0.3 is 11.9 Å². The average molecular weight is 215 g/mol. The first-order valence-corrected chi connectivity index (χ1v) is 4.83. The van der Waals surface area contributed by atoms with Gasteiger partial charge in [-0.1, -0.05) is 6.08 Å². The molecule has 5 nitrogen and oxygen atoms in total. The van der Waals surface area contributed by atoms with Gasteiger partial charge in [0.2, 0.25) is 0 Å². The Hall–Kier alpha value is -1.36. The Morgan fingerprint density at radius 3 is 2.67 bits per heavy atom. The van der Waals surface area contributed by atoms with E-state index in [-0.39, 0.29) is 6.42 Å². The van der Waals surface area contributed by atoms with Gasteiger partial charge in [-0.2, -0.15) is 0 Å². The maximum atomic E-state index is 11.2. The van der Waals surface area contributed by atoms with Gasteiger partial charge in [-0.05, 0) is 26.3 Å². The van der Waals surface area contributed by atoms with Crippen molar-refractivity contribution in [2.75, 3.05) is 13.2 Å². The molecular formula is C10H17NO4. The first-order valence-electron chi connectivity index (χ1n) is 4.83. The number of hydrogen-bond donors (Lipinski definition) is 2. The van der Waals surface area contributed by atoms with Crippen molar-refractivity contribution < 1.29 is 19.4 Å². The second-order valence-corrected chi connectivity index (χ2v) is 3.10. The minimum Gasteiger partial charge on any atom is -0.481 e. The van der Waals surface area contributed by atoms with Crippen LogP contribution in [-0.2, 0) is 14.3 Å². The molecule has 86 valence electrons. The number of aliphatic carboxylic acids is 1. The van der Waals surface area contributed by atoms with E-state index in [0.717, 1.165) is 0 Å². The molecule has 0 amide bonds. The highest BCUT2D eigenvalue weighted by Gasteiger charge is 2.04. The SMILES string of the molecule is CC(=CCCC(=O)O)C(=O)OCCCN. The molecule has 0 aromatic heterocycles. The highest BCUT2D eigenvalue weighted by Crippen LogP contribution is 2.01. The number of nitrogens with two attached hydrogens (primary N) is 1. The number of carboxylic acid groups (broad SMARTS) is 1. The zero-order valence-electron chi connectivity index (χ0n) is 8.86. The van der Waals surface area contributed by atoms with Crippen molar-refractivity contribution >= 4 is 11.9 Å². The van der Waals surface area contributed by atoms with E-state index in [1.165, 1.54) is 0 Å². The molecule has 0 atom stereocenters. The Labute approximate surface area is 88.9 Å². The third-order valence-electron chi connectivity index (χ3n) is 1.71. The normalized spacial score (nSPS) is 11.2. The fourth-order valence-electron chi connectivity index (χ4n) is 0.858. The molecule has 0 spiro atoms. The second kappa shape index (κ2) is 7.99. The van der Waals surface area contributed by atoms with E-state index in [1.807, 2.05) is 0 Å². The molecule has 0 aliphatic heterocycles. The predicted molar refractivity (Wildman–Crippen MR) is 55.3 cm³/mol. The summed E-state index contributed by atoms with van der Waals surface area (Å²) in [6.45, 7) is 2.39. The molecule has 15 heavy (non-hydrogen) atoms. The lowest BCUT2D eigenvalue weighted by Crippen LogP contribution is -2.10. The highest BCUT2D eigenvalue weighted by molar-refractivity contribution is 5.87. The van der Waals surface area contributed by atoms with Crippen LogP contribution in [0.4, 0.5) is 0 Å². The van der Waals surface area contributed by atoms with Crippen molar-refractivity contribution in [1.82, 2.24) is 0 Å². The number of esters is 1. The van der Waals surface area contributed by atoms with Gasteiger partial charge in [0.25, 0.3) is 0 Å². The topological polar surface area (TPSA) is 89.6 Å². The molecule has 0 unspecified atom stereocenters. The minimum absolute atomic E-state index is 0.0212. The maximum Gasteiger partial charge on any atom is 0.333 e. The van der Waals surface area contributed by atoms with Crippen LogP contribution >= 0.6 is 0 Å². The van der Waals surface area contributed by atoms with Crippen molar-refractivity contribution in [2.24, 2.45) is 5.73 Å². The van der Waals surface area contributed by atoms with Crippen molar-refractivity contribution in [3.8, 4) is 0 Å². The molecular weight excluding hydrogens is 198 g/mol. The zero-order chi connectivity index (χ0) is 11.7. The summed E-state index contributed by atoms with van der Waals surface area (Å²) < 4.78 is 4.87. The molecule has 0 aliphatic carbocycles. The lowest BCUT2D eigenvalue weighted by Gasteiger charge is -2.03. The molecule has 0 saturated heterocycles. The van der Waals surface area contributed by atoms with Crippen molar-refractivity contribution in [3.05, 3.63) is 11.6 Å². The van der Waals surface area contributed by atoms with Gasteiger partial charge < -0.3 is 15.6 Å². The summed E-state index contributed by atoms with van der Waals surface area (Å²) in [6.07, 6.45) is 2.56. The van der Waals surface area contributed by atoms with E-state index >= 15 is 0 Å². The summed E-state index contributed by atoms with van der Waals surface area (Å²) in [4.78, 5) is 21.4. The Balaban J connectivity index is 3.80. The number of carbonyl (C=O) groups is 2. The van der Waals surface area contributed by atoms with Crippen LogP contribution in [0.1, 0.15) is 26.2 Å². The fraction of sp³-hybridized carbons (Fsp3) is 0.600. The van der Waals surface area contributed by atoms with E-state index in [9.17, 15) is 9.59 Å². The molecule has 0 fully saturated rings. The Bertz CT molecular complexity index is 248. The Morgan fingerprint density at radius 2 is 2.13 bits per heavy atom. The molecule has 0 rings (SSSR count). The fourth-order valence-corrected chi connectivity index (χ4v) is 0.858. The van der Waals surface area contributed by atoms with Crippen LogP contribution in [0.25, 0.3) is 0 Å². The van der Waals surface area contributed by atoms with E-state index in [4.69, 9.17) is 15.6 Å². The standard InChI is InChI=1S/C10H17NO4/c1-8(4-2-5-9(12)13)10(14)15-7-3-6-11/h4H,2-3,5-7,11H2,1H3,(H,12,13). The van der Waals surface area contributed by atoms with Gasteiger partial charge in [-0.3, -0.25) is 4.79 Å². The van der Waals surface area contributed by atoms with E-state index in [0.29, 0.717) is 31.6 Å². The van der Waals surface area contributed by atoms with Gasteiger partial charge in [0.1, 0.15) is 0 Å². The lowest BCUT2D eigenvalue weighted by molar-refractivity contribution is -0.139. The van der Waals surface area contributed by atoms with Crippen LogP contribution in [0.2, 0.25) is 0 Å². The highest BCUT2D eigenvalue weighted by atomic mass is 16.5. The molecule has 0 radical (unpaired) electrons. The number of ether oxygens (including phenoxy) is 1. The Morgan fingerprint density at radius 1 is 1.47 bits per heavy atom. The van der Waals surface area contributed by atoms with Crippen LogP contribution < -0.4 is 5.73 Å². The number of allylic oxidation sites excluding steroid dienone is 1. The number of carbonyl (C=O) groups excluding carboxylic acids is 1. The predicted octanol–water partition coefficient (Wildman–Crippen LogP) is 0.690. The summed E-state index contributed by atoms with van der Waals surface area (Å²) in [5, 5.41) is 8.38. The van der Waals surface area contributed by atoms with Gasteiger partial charge in [0, 0.05) is 12.0 Å². The van der Waals surface area contributed by atoms with Crippen LogP contribution in [0.15, 0.2) is 11.6 Å². The van der Waals surface area contributed by atoms with Gasteiger partial charge in [-0.25, -0.2) is 4.79 Å². The second-order valence-electron chi connectivity index (χ2n) is 3.10. The summed E-state index contributed by atoms with van der Waals surface area (Å²) in [7, 11) is 0. The molecule has 0 bridgehead atoms. The molecule has 0 aliphatic rings. The van der Waals surface area contributed by atoms with E-state index < -0.39 is 11.9 Å². The van der Waals surface area contributed by atoms with Crippen LogP contribution in [0.5, 0.6) is 0 Å². The molecule has 0 heterocycles. The summed E-state index contributed by atoms with van der Waals surface area (Å²) in [5.41, 5.74) is 5.67. The maximum absolute atomic E-state index is 11.2. The van der Waals surface area contributed by atoms with E-state index in [1.54, 1.807) is 13.0 Å². The zero-order valence-corrected chi connectivity index (χ0v) is 8.86. The van der Waals surface area contributed by atoms with Crippen LogP contribution in [0, 0.1) is 0 Å². The number of carboxylic acids is 1. The van der Waals surface area contributed by atoms with Gasteiger partial charge in [0.05, 0.1) is 6.61 Å². The Kier molecular flexibility index (Phi) is 7.27. The van der Waals surface area contributed by atoms with Gasteiger partial charge in [-0.15, -0.1) is 0 Å². The third kappa shape index (κ3) is 7.69. The summed E-state index contributed by atoms with van der Waals surface area (Å²) >= 11 is 0. The molecule has 0 aromatic rings. The molecule has 0 saturated carbocycles. The smallest absolute Gasteiger partial charge is 0.333 e. The summed E-state index contributed by atoms with van der Waals surface area (Å²) in [5.74, 6) is -1.29. The quantitative estimate of drug-likeness (QED) is 0.370. The third-order valence-corrected chi connectivity index (χ3v) is 1.71. The lowest BCUT2D eigenvalue weighted by atomic mass is 10.2. The van der Waals surface area contributed by atoms with Crippen molar-refractivity contribution in [2.45, 2.75) is 26.2 Å². The van der Waals surface area contributed by atoms with E-state index in [2.05, 4.69) is 0 Å². The van der Waals surface area contributed by atoms with Crippen molar-refractivity contribution in [3.63, 3.8) is 0 Å². The molecule has 3 N–H and O–H groups in total. The molecule has 0 aromatic carbocycles. The van der Waals surface area contributed by atoms with Crippen molar-refractivity contribution in [1.29, 1.82) is 0 Å². The largest absolute Gasteiger partial charge is 0.481 e. The molecule has 5 heteroatoms. The number of hydrogen-bond acceptors (Lipinski definition) is 4. The van der Waals surface area contributed by atoms with Gasteiger partial charge in [0.15, 0.2) is 0 Å². The van der Waals surface area contributed by atoms with Crippen LogP contribution in [0.3, 0.4) is 0 Å². The number of rotatable bonds is 7. The minimum atomic E-state index is -0.879. The van der Waals surface area contributed by atoms with Crippen LogP contribution in [-0.4, -0.2) is 30.2 Å². The first kappa shape index (κ1) is 13.6. The first-order chi connectivity index (χ1) is 7.07. The summed E-state index contributed by atoms with van der Waals surface area (Å²) in [6, 6.07) is 0. The monoisotopic (exact) mass is 215 g/mol.